The summed E-state index contributed by atoms with van der Waals surface area (Å²) >= 11 is 6.97. The highest BCUT2D eigenvalue weighted by Gasteiger charge is 2.57. The van der Waals surface area contributed by atoms with E-state index in [1.54, 1.807) is 5.57 Å². The average Bonchev–Trinajstić information content (AvgIpc) is 2.83. The molecule has 0 amide bonds. The molecule has 0 radical (unpaired) electrons. The number of rotatable bonds is 1. The monoisotopic (exact) mass is 364 g/mol. The highest BCUT2D eigenvalue weighted by Crippen LogP contribution is 2.62. The Morgan fingerprint density at radius 3 is 2.64 bits per heavy atom. The van der Waals surface area contributed by atoms with Gasteiger partial charge in [0.25, 0.3) is 0 Å². The first-order valence-corrected chi connectivity index (χ1v) is 10.3. The Bertz CT molecular complexity index is 654. The van der Waals surface area contributed by atoms with Crippen molar-refractivity contribution in [1.82, 2.24) is 0 Å². The number of fused-ring (bicyclic) bond motifs is 4. The van der Waals surface area contributed by atoms with Crippen molar-refractivity contribution in [2.24, 2.45) is 22.7 Å². The lowest BCUT2D eigenvalue weighted by molar-refractivity contribution is -0.149. The van der Waals surface area contributed by atoms with E-state index in [9.17, 15) is 9.59 Å². The maximum Gasteiger partial charge on any atom is 0.302 e. The average molecular weight is 365 g/mol. The Morgan fingerprint density at radius 2 is 1.92 bits per heavy atom. The van der Waals surface area contributed by atoms with Crippen LogP contribution in [-0.4, -0.2) is 23.2 Å². The predicted octanol–water partition coefficient (Wildman–Crippen LogP) is 4.81. The molecule has 25 heavy (non-hydrogen) atoms. The molecule has 0 aromatic heterocycles. The lowest BCUT2D eigenvalue weighted by Gasteiger charge is -2.54. The molecule has 0 saturated heterocycles. The standard InChI is InChI=1S/C21H29ClO3/c1-12(23)25-13-4-5-16-14-8-9-20(2)17(6-7-19(20)24)15(14)10-18(22)21(16,3)11-13/h13,15,17-18H,4-11H2,1-3H3/t13-,15-,17-,18-,20+,21+/m1/s1. The minimum absolute atomic E-state index is 0.00781. The topological polar surface area (TPSA) is 43.4 Å². The molecule has 3 saturated carbocycles. The van der Waals surface area contributed by atoms with Gasteiger partial charge in [-0.1, -0.05) is 25.0 Å². The summed E-state index contributed by atoms with van der Waals surface area (Å²) in [6.07, 6.45) is 7.53. The highest BCUT2D eigenvalue weighted by molar-refractivity contribution is 6.21. The third-order valence-electron chi connectivity index (χ3n) is 7.91. The summed E-state index contributed by atoms with van der Waals surface area (Å²) in [6.45, 7) is 5.96. The van der Waals surface area contributed by atoms with Crippen LogP contribution in [0.5, 0.6) is 0 Å². The van der Waals surface area contributed by atoms with Crippen molar-refractivity contribution >= 4 is 23.4 Å². The molecule has 4 rings (SSSR count). The second kappa shape index (κ2) is 5.84. The lowest BCUT2D eigenvalue weighted by atomic mass is 9.53. The van der Waals surface area contributed by atoms with Gasteiger partial charge >= 0.3 is 5.97 Å². The second-order valence-electron chi connectivity index (χ2n) is 9.19. The van der Waals surface area contributed by atoms with Gasteiger partial charge in [0, 0.05) is 29.6 Å². The predicted molar refractivity (Wildman–Crippen MR) is 97.4 cm³/mol. The van der Waals surface area contributed by atoms with Crippen LogP contribution < -0.4 is 0 Å². The summed E-state index contributed by atoms with van der Waals surface area (Å²) in [6, 6.07) is 0. The van der Waals surface area contributed by atoms with Gasteiger partial charge in [0.15, 0.2) is 0 Å². The Labute approximate surface area is 155 Å². The zero-order valence-corrected chi connectivity index (χ0v) is 16.3. The summed E-state index contributed by atoms with van der Waals surface area (Å²) in [5.41, 5.74) is 2.96. The first-order valence-electron chi connectivity index (χ1n) is 9.82. The molecular weight excluding hydrogens is 336 g/mol. The molecule has 0 N–H and O–H groups in total. The molecule has 4 heteroatoms. The van der Waals surface area contributed by atoms with E-state index in [1.165, 1.54) is 12.5 Å². The van der Waals surface area contributed by atoms with Gasteiger partial charge in [0.05, 0.1) is 0 Å². The van der Waals surface area contributed by atoms with Crippen LogP contribution in [0, 0.1) is 22.7 Å². The maximum atomic E-state index is 12.5. The lowest BCUT2D eigenvalue weighted by Crippen LogP contribution is -2.49. The summed E-state index contributed by atoms with van der Waals surface area (Å²) in [4.78, 5) is 23.9. The molecule has 0 heterocycles. The van der Waals surface area contributed by atoms with Crippen molar-refractivity contribution in [2.45, 2.75) is 83.6 Å². The molecule has 3 nitrogen and oxygen atoms in total. The number of halogens is 1. The van der Waals surface area contributed by atoms with E-state index >= 15 is 0 Å². The molecule has 4 aliphatic rings. The molecule has 0 bridgehead atoms. The molecule has 0 aliphatic heterocycles. The maximum absolute atomic E-state index is 12.5. The molecule has 0 aromatic carbocycles. The van der Waals surface area contributed by atoms with E-state index in [4.69, 9.17) is 16.3 Å². The smallest absolute Gasteiger partial charge is 0.302 e. The number of carbonyl (C=O) groups is 2. The summed E-state index contributed by atoms with van der Waals surface area (Å²) < 4.78 is 5.52. The van der Waals surface area contributed by atoms with Crippen molar-refractivity contribution in [2.75, 3.05) is 0 Å². The fourth-order valence-corrected chi connectivity index (χ4v) is 6.94. The fourth-order valence-electron chi connectivity index (χ4n) is 6.52. The summed E-state index contributed by atoms with van der Waals surface area (Å²) in [5, 5.41) is 0.0626. The summed E-state index contributed by atoms with van der Waals surface area (Å²) in [5.74, 6) is 1.25. The van der Waals surface area contributed by atoms with Crippen molar-refractivity contribution < 1.29 is 14.3 Å². The van der Waals surface area contributed by atoms with Crippen LogP contribution in [0.15, 0.2) is 11.1 Å². The van der Waals surface area contributed by atoms with E-state index in [1.807, 2.05) is 0 Å². The molecular formula is C21H29ClO3. The van der Waals surface area contributed by atoms with Crippen molar-refractivity contribution in [1.29, 1.82) is 0 Å². The minimum atomic E-state index is -0.192. The van der Waals surface area contributed by atoms with Gasteiger partial charge in [-0.3, -0.25) is 9.59 Å². The van der Waals surface area contributed by atoms with Crippen LogP contribution in [0.1, 0.15) is 72.1 Å². The molecule has 0 aromatic rings. The first-order chi connectivity index (χ1) is 11.8. The van der Waals surface area contributed by atoms with Crippen molar-refractivity contribution in [3.05, 3.63) is 11.1 Å². The quantitative estimate of drug-likeness (QED) is 0.381. The Balaban J connectivity index is 1.68. The van der Waals surface area contributed by atoms with E-state index < -0.39 is 0 Å². The van der Waals surface area contributed by atoms with Crippen LogP contribution in [0.25, 0.3) is 0 Å². The highest BCUT2D eigenvalue weighted by atomic mass is 35.5. The Kier molecular flexibility index (Phi) is 4.10. The van der Waals surface area contributed by atoms with Crippen LogP contribution in [-0.2, 0) is 14.3 Å². The number of hydrogen-bond acceptors (Lipinski definition) is 3. The van der Waals surface area contributed by atoms with Crippen LogP contribution in [0.2, 0.25) is 0 Å². The second-order valence-corrected chi connectivity index (χ2v) is 9.72. The van der Waals surface area contributed by atoms with Crippen LogP contribution in [0.4, 0.5) is 0 Å². The van der Waals surface area contributed by atoms with Crippen molar-refractivity contribution in [3.8, 4) is 0 Å². The third-order valence-corrected chi connectivity index (χ3v) is 8.57. The van der Waals surface area contributed by atoms with Gasteiger partial charge in [0.2, 0.25) is 0 Å². The largest absolute Gasteiger partial charge is 0.463 e. The number of ether oxygens (including phenoxy) is 1. The molecule has 4 aliphatic carbocycles. The molecule has 0 unspecified atom stereocenters. The zero-order valence-electron chi connectivity index (χ0n) is 15.6. The third kappa shape index (κ3) is 2.52. The Hall–Kier alpha value is -0.830. The number of ketones is 1. The van der Waals surface area contributed by atoms with Gasteiger partial charge in [0.1, 0.15) is 11.9 Å². The molecule has 6 atom stereocenters. The van der Waals surface area contributed by atoms with Gasteiger partial charge in [-0.05, 0) is 56.8 Å². The number of alkyl halides is 1. The van der Waals surface area contributed by atoms with E-state index in [2.05, 4.69) is 13.8 Å². The van der Waals surface area contributed by atoms with E-state index in [0.29, 0.717) is 17.6 Å². The number of esters is 1. The van der Waals surface area contributed by atoms with Gasteiger partial charge in [-0.2, -0.15) is 0 Å². The molecule has 138 valence electrons. The van der Waals surface area contributed by atoms with Gasteiger partial charge < -0.3 is 4.74 Å². The van der Waals surface area contributed by atoms with Crippen molar-refractivity contribution in [3.63, 3.8) is 0 Å². The first kappa shape index (κ1) is 17.6. The van der Waals surface area contributed by atoms with Crippen LogP contribution >= 0.6 is 11.6 Å². The number of carbonyl (C=O) groups excluding carboxylic acids is 2. The number of Topliss-reactive ketones (excluding diaryl/α,β-unsaturated/α-hetero) is 1. The molecule has 3 fully saturated rings. The minimum Gasteiger partial charge on any atom is -0.463 e. The molecule has 0 spiro atoms. The normalized spacial score (nSPS) is 46.3. The summed E-state index contributed by atoms with van der Waals surface area (Å²) in [7, 11) is 0. The Morgan fingerprint density at radius 1 is 1.16 bits per heavy atom. The van der Waals surface area contributed by atoms with Gasteiger partial charge in [-0.25, -0.2) is 0 Å². The van der Waals surface area contributed by atoms with E-state index in [0.717, 1.165) is 51.4 Å². The SMILES string of the molecule is CC(=O)O[C@@H]1CCC2=C3CC[C@]4(C)C(=O)CC[C@@H]4[C@@H]3C[C@@H](Cl)[C@@]2(C)C1. The number of hydrogen-bond donors (Lipinski definition) is 0. The van der Waals surface area contributed by atoms with Crippen LogP contribution in [0.3, 0.4) is 0 Å². The van der Waals surface area contributed by atoms with E-state index in [-0.39, 0.29) is 28.3 Å². The number of allylic oxidation sites excluding steroid dienone is 2. The fraction of sp³-hybridized carbons (Fsp3) is 0.810. The van der Waals surface area contributed by atoms with Gasteiger partial charge in [-0.15, -0.1) is 11.6 Å². The zero-order chi connectivity index (χ0) is 18.0.